The fourth-order valence-electron chi connectivity index (χ4n) is 1.80. The first-order valence-electron chi connectivity index (χ1n) is 6.61. The van der Waals surface area contributed by atoms with E-state index >= 15 is 0 Å². The summed E-state index contributed by atoms with van der Waals surface area (Å²) >= 11 is 0. The summed E-state index contributed by atoms with van der Waals surface area (Å²) in [7, 11) is 0. The Morgan fingerprint density at radius 3 is 2.63 bits per heavy atom. The fraction of sp³-hybridized carbons (Fsp3) is 0.500. The Kier molecular flexibility index (Phi) is 3.83. The number of hydrogen-bond acceptors (Lipinski definition) is 4. The topological polar surface area (TPSA) is 69.6 Å². The standard InChI is InChI=1S/C14H21N5/c1-9(2)11(4)8-19-14(16-17-18-19)12-6-5-10(3)13(15)7-12/h5-7,9,11H,8,15H2,1-4H3. The summed E-state index contributed by atoms with van der Waals surface area (Å²) in [6, 6.07) is 5.93. The number of tetrazole rings is 1. The summed E-state index contributed by atoms with van der Waals surface area (Å²) in [5, 5.41) is 12.0. The molecule has 102 valence electrons. The maximum atomic E-state index is 5.95. The number of benzene rings is 1. The van der Waals surface area contributed by atoms with E-state index in [0.717, 1.165) is 29.2 Å². The second-order valence-electron chi connectivity index (χ2n) is 5.48. The van der Waals surface area contributed by atoms with Crippen molar-refractivity contribution in [3.8, 4) is 11.4 Å². The van der Waals surface area contributed by atoms with E-state index < -0.39 is 0 Å². The van der Waals surface area contributed by atoms with Crippen molar-refractivity contribution >= 4 is 5.69 Å². The summed E-state index contributed by atoms with van der Waals surface area (Å²) < 4.78 is 1.86. The first-order valence-corrected chi connectivity index (χ1v) is 6.61. The first kappa shape index (κ1) is 13.5. The van der Waals surface area contributed by atoms with Crippen LogP contribution in [0.5, 0.6) is 0 Å². The van der Waals surface area contributed by atoms with Crippen LogP contribution in [0.2, 0.25) is 0 Å². The highest BCUT2D eigenvalue weighted by atomic mass is 15.5. The van der Waals surface area contributed by atoms with Crippen LogP contribution >= 0.6 is 0 Å². The molecule has 1 aromatic heterocycles. The van der Waals surface area contributed by atoms with E-state index in [1.54, 1.807) is 0 Å². The first-order chi connectivity index (χ1) is 8.99. The Bertz CT molecular complexity index is 559. The van der Waals surface area contributed by atoms with E-state index in [1.807, 2.05) is 29.8 Å². The molecule has 19 heavy (non-hydrogen) atoms. The van der Waals surface area contributed by atoms with Gasteiger partial charge in [0.2, 0.25) is 0 Å². The Morgan fingerprint density at radius 2 is 2.00 bits per heavy atom. The quantitative estimate of drug-likeness (QED) is 0.856. The monoisotopic (exact) mass is 259 g/mol. The number of nitrogens with two attached hydrogens (primary N) is 1. The number of aromatic nitrogens is 4. The summed E-state index contributed by atoms with van der Waals surface area (Å²) in [4.78, 5) is 0. The largest absolute Gasteiger partial charge is 0.398 e. The average molecular weight is 259 g/mol. The summed E-state index contributed by atoms with van der Waals surface area (Å²) in [6.45, 7) is 9.42. The lowest BCUT2D eigenvalue weighted by Crippen LogP contribution is -2.15. The number of rotatable bonds is 4. The third-order valence-electron chi connectivity index (χ3n) is 3.67. The zero-order chi connectivity index (χ0) is 14.0. The van der Waals surface area contributed by atoms with Crippen LogP contribution in [-0.2, 0) is 6.54 Å². The van der Waals surface area contributed by atoms with Crippen LogP contribution in [0.4, 0.5) is 5.69 Å². The molecular weight excluding hydrogens is 238 g/mol. The lowest BCUT2D eigenvalue weighted by molar-refractivity contribution is 0.347. The minimum atomic E-state index is 0.519. The van der Waals surface area contributed by atoms with Crippen LogP contribution in [0.25, 0.3) is 11.4 Å². The smallest absolute Gasteiger partial charge is 0.182 e. The molecule has 0 amide bonds. The summed E-state index contributed by atoms with van der Waals surface area (Å²) in [5.41, 5.74) is 8.75. The zero-order valence-electron chi connectivity index (χ0n) is 12.0. The lowest BCUT2D eigenvalue weighted by atomic mass is 9.98. The molecule has 5 heteroatoms. The fourth-order valence-corrected chi connectivity index (χ4v) is 1.80. The van der Waals surface area contributed by atoms with Gasteiger partial charge in [0, 0.05) is 17.8 Å². The lowest BCUT2D eigenvalue weighted by Gasteiger charge is -2.15. The third-order valence-corrected chi connectivity index (χ3v) is 3.67. The van der Waals surface area contributed by atoms with Crippen LogP contribution in [0, 0.1) is 18.8 Å². The molecule has 1 aromatic carbocycles. The van der Waals surface area contributed by atoms with Gasteiger partial charge in [0.15, 0.2) is 5.82 Å². The second-order valence-corrected chi connectivity index (χ2v) is 5.48. The molecule has 2 rings (SSSR count). The van der Waals surface area contributed by atoms with Gasteiger partial charge >= 0.3 is 0 Å². The highest BCUT2D eigenvalue weighted by Crippen LogP contribution is 2.22. The van der Waals surface area contributed by atoms with Crippen molar-refractivity contribution in [3.05, 3.63) is 23.8 Å². The molecule has 0 bridgehead atoms. The van der Waals surface area contributed by atoms with Gasteiger partial charge < -0.3 is 5.73 Å². The SMILES string of the molecule is Cc1ccc(-c2nnnn2CC(C)C(C)C)cc1N. The van der Waals surface area contributed by atoms with Crippen LogP contribution in [0.3, 0.4) is 0 Å². The van der Waals surface area contributed by atoms with Crippen molar-refractivity contribution in [2.75, 3.05) is 5.73 Å². The molecule has 1 unspecified atom stereocenters. The van der Waals surface area contributed by atoms with E-state index in [1.165, 1.54) is 0 Å². The Balaban J connectivity index is 2.30. The molecule has 5 nitrogen and oxygen atoms in total. The molecule has 0 saturated carbocycles. The molecule has 1 heterocycles. The maximum absolute atomic E-state index is 5.95. The van der Waals surface area contributed by atoms with Gasteiger partial charge in [-0.3, -0.25) is 0 Å². The molecule has 0 aliphatic rings. The number of aryl methyl sites for hydroxylation is 1. The van der Waals surface area contributed by atoms with Gasteiger partial charge in [-0.05, 0) is 40.8 Å². The van der Waals surface area contributed by atoms with E-state index in [9.17, 15) is 0 Å². The van der Waals surface area contributed by atoms with Crippen molar-refractivity contribution < 1.29 is 0 Å². The van der Waals surface area contributed by atoms with Gasteiger partial charge in [0.05, 0.1) is 0 Å². The molecule has 0 saturated heterocycles. The highest BCUT2D eigenvalue weighted by molar-refractivity contribution is 5.63. The molecule has 0 radical (unpaired) electrons. The van der Waals surface area contributed by atoms with Crippen molar-refractivity contribution in [1.29, 1.82) is 0 Å². The number of hydrogen-bond donors (Lipinski definition) is 1. The number of nitrogens with zero attached hydrogens (tertiary/aromatic N) is 4. The van der Waals surface area contributed by atoms with Gasteiger partial charge in [-0.15, -0.1) is 5.10 Å². The summed E-state index contributed by atoms with van der Waals surface area (Å²) in [6.07, 6.45) is 0. The summed E-state index contributed by atoms with van der Waals surface area (Å²) in [5.74, 6) is 1.89. The molecular formula is C14H21N5. The van der Waals surface area contributed by atoms with Crippen molar-refractivity contribution in [3.63, 3.8) is 0 Å². The van der Waals surface area contributed by atoms with Gasteiger partial charge in [0.1, 0.15) is 0 Å². The van der Waals surface area contributed by atoms with Crippen LogP contribution in [0.1, 0.15) is 26.3 Å². The normalized spacial score (nSPS) is 12.9. The Hall–Kier alpha value is -1.91. The maximum Gasteiger partial charge on any atom is 0.182 e. The number of nitrogen functional groups attached to an aromatic ring is 1. The Labute approximate surface area is 113 Å². The minimum absolute atomic E-state index is 0.519. The second kappa shape index (κ2) is 5.38. The molecule has 2 aromatic rings. The predicted molar refractivity (Wildman–Crippen MR) is 76.4 cm³/mol. The minimum Gasteiger partial charge on any atom is -0.398 e. The predicted octanol–water partition coefficient (Wildman–Crippen LogP) is 2.52. The van der Waals surface area contributed by atoms with E-state index in [4.69, 9.17) is 5.73 Å². The van der Waals surface area contributed by atoms with Gasteiger partial charge in [-0.2, -0.15) is 0 Å². The number of anilines is 1. The van der Waals surface area contributed by atoms with Crippen molar-refractivity contribution in [2.24, 2.45) is 11.8 Å². The third kappa shape index (κ3) is 2.92. The van der Waals surface area contributed by atoms with E-state index in [-0.39, 0.29) is 0 Å². The average Bonchev–Trinajstić information content (AvgIpc) is 2.80. The van der Waals surface area contributed by atoms with Gasteiger partial charge in [-0.25, -0.2) is 4.68 Å². The van der Waals surface area contributed by atoms with Crippen LogP contribution < -0.4 is 5.73 Å². The molecule has 0 fully saturated rings. The van der Waals surface area contributed by atoms with E-state index in [0.29, 0.717) is 11.8 Å². The van der Waals surface area contributed by atoms with Crippen molar-refractivity contribution in [2.45, 2.75) is 34.2 Å². The Morgan fingerprint density at radius 1 is 1.26 bits per heavy atom. The molecule has 1 atom stereocenters. The van der Waals surface area contributed by atoms with E-state index in [2.05, 4.69) is 36.3 Å². The molecule has 0 aliphatic heterocycles. The highest BCUT2D eigenvalue weighted by Gasteiger charge is 2.14. The molecule has 0 spiro atoms. The molecule has 0 aliphatic carbocycles. The van der Waals surface area contributed by atoms with Crippen LogP contribution in [-0.4, -0.2) is 20.2 Å². The zero-order valence-corrected chi connectivity index (χ0v) is 12.0. The van der Waals surface area contributed by atoms with Crippen LogP contribution in [0.15, 0.2) is 18.2 Å². The molecule has 2 N–H and O–H groups in total. The van der Waals surface area contributed by atoms with Gasteiger partial charge in [0.25, 0.3) is 0 Å². The van der Waals surface area contributed by atoms with Gasteiger partial charge in [-0.1, -0.05) is 32.9 Å². The van der Waals surface area contributed by atoms with Crippen molar-refractivity contribution in [1.82, 2.24) is 20.2 Å².